The number of hydrogen-bond acceptors (Lipinski definition) is 5. The minimum atomic E-state index is -1.31. The van der Waals surface area contributed by atoms with Crippen LogP contribution in [0.5, 0.6) is 0 Å². The summed E-state index contributed by atoms with van der Waals surface area (Å²) < 4.78 is 26.3. The second-order valence-corrected chi connectivity index (χ2v) is 5.58. The van der Waals surface area contributed by atoms with Crippen LogP contribution >= 0.6 is 11.3 Å². The minimum Gasteiger partial charge on any atom is -0.296 e. The van der Waals surface area contributed by atoms with Crippen LogP contribution in [0, 0.1) is 17.7 Å². The lowest BCUT2D eigenvalue weighted by Gasteiger charge is -2.02. The summed E-state index contributed by atoms with van der Waals surface area (Å²) in [5, 5.41) is 11.1. The molecule has 1 amide bonds. The summed E-state index contributed by atoms with van der Waals surface area (Å²) >= 11 is 1.21. The van der Waals surface area contributed by atoms with Crippen molar-refractivity contribution >= 4 is 22.4 Å². The highest BCUT2D eigenvalue weighted by Gasteiger charge is 2.17. The van der Waals surface area contributed by atoms with Gasteiger partial charge in [0.2, 0.25) is 11.1 Å². The van der Waals surface area contributed by atoms with E-state index in [-0.39, 0.29) is 5.13 Å². The van der Waals surface area contributed by atoms with Crippen molar-refractivity contribution in [1.82, 2.24) is 15.2 Å². The lowest BCUT2D eigenvalue weighted by Crippen LogP contribution is -2.14. The molecule has 20 heavy (non-hydrogen) atoms. The molecule has 1 N–H and O–H groups in total. The fraction of sp³-hybridized carbons (Fsp3) is 0.333. The van der Waals surface area contributed by atoms with Crippen molar-refractivity contribution < 1.29 is 13.6 Å². The van der Waals surface area contributed by atoms with Crippen molar-refractivity contribution in [3.8, 4) is 0 Å². The predicted octanol–water partition coefficient (Wildman–Crippen LogP) is 2.66. The SMILES string of the molecule is CC(C)Cc1nnc(NC(=O)c2ccnc(F)c2F)s1. The summed E-state index contributed by atoms with van der Waals surface area (Å²) in [6.07, 6.45) is 1.77. The highest BCUT2D eigenvalue weighted by Crippen LogP contribution is 2.19. The van der Waals surface area contributed by atoms with Gasteiger partial charge in [-0.15, -0.1) is 10.2 Å². The second kappa shape index (κ2) is 6.00. The molecule has 0 saturated heterocycles. The molecule has 0 atom stereocenters. The molecule has 106 valence electrons. The van der Waals surface area contributed by atoms with Crippen LogP contribution < -0.4 is 5.32 Å². The normalized spacial score (nSPS) is 10.8. The number of anilines is 1. The van der Waals surface area contributed by atoms with E-state index in [1.54, 1.807) is 0 Å². The van der Waals surface area contributed by atoms with Crippen molar-refractivity contribution in [1.29, 1.82) is 0 Å². The van der Waals surface area contributed by atoms with Crippen molar-refractivity contribution in [2.24, 2.45) is 5.92 Å². The second-order valence-electron chi connectivity index (χ2n) is 4.52. The van der Waals surface area contributed by atoms with Crippen LogP contribution in [0.25, 0.3) is 0 Å². The van der Waals surface area contributed by atoms with Crippen LogP contribution in [0.15, 0.2) is 12.3 Å². The molecule has 0 aliphatic carbocycles. The smallest absolute Gasteiger partial charge is 0.260 e. The van der Waals surface area contributed by atoms with Gasteiger partial charge in [-0.05, 0) is 12.0 Å². The van der Waals surface area contributed by atoms with Crippen LogP contribution in [0.4, 0.5) is 13.9 Å². The molecule has 8 heteroatoms. The summed E-state index contributed by atoms with van der Waals surface area (Å²) in [4.78, 5) is 14.9. The van der Waals surface area contributed by atoms with E-state index in [0.717, 1.165) is 23.7 Å². The molecule has 5 nitrogen and oxygen atoms in total. The van der Waals surface area contributed by atoms with Gasteiger partial charge in [-0.25, -0.2) is 9.37 Å². The molecule has 0 radical (unpaired) electrons. The number of carbonyl (C=O) groups is 1. The minimum absolute atomic E-state index is 0.252. The summed E-state index contributed by atoms with van der Waals surface area (Å²) in [7, 11) is 0. The van der Waals surface area contributed by atoms with E-state index in [0.29, 0.717) is 5.92 Å². The maximum absolute atomic E-state index is 13.4. The molecule has 0 unspecified atom stereocenters. The third-order valence-electron chi connectivity index (χ3n) is 2.36. The summed E-state index contributed by atoms with van der Waals surface area (Å²) in [5.41, 5.74) is -0.418. The lowest BCUT2D eigenvalue weighted by atomic mass is 10.1. The Hall–Kier alpha value is -1.96. The van der Waals surface area contributed by atoms with Gasteiger partial charge >= 0.3 is 0 Å². The largest absolute Gasteiger partial charge is 0.296 e. The number of rotatable bonds is 4. The Morgan fingerprint density at radius 2 is 2.15 bits per heavy atom. The lowest BCUT2D eigenvalue weighted by molar-refractivity contribution is 0.102. The predicted molar refractivity (Wildman–Crippen MR) is 70.6 cm³/mol. The first kappa shape index (κ1) is 14.4. The molecule has 0 spiro atoms. The molecule has 2 rings (SSSR count). The molecule has 0 aliphatic rings. The topological polar surface area (TPSA) is 67.8 Å². The maximum Gasteiger partial charge on any atom is 0.260 e. The molecule has 0 aliphatic heterocycles. The molecular weight excluding hydrogens is 286 g/mol. The molecule has 2 aromatic rings. The number of amides is 1. The number of aromatic nitrogens is 3. The third kappa shape index (κ3) is 3.32. The zero-order valence-electron chi connectivity index (χ0n) is 10.9. The van der Waals surface area contributed by atoms with E-state index in [2.05, 4.69) is 20.5 Å². The average Bonchev–Trinajstić information content (AvgIpc) is 2.79. The molecule has 0 aromatic carbocycles. The van der Waals surface area contributed by atoms with Crippen molar-refractivity contribution in [3.05, 3.63) is 34.6 Å². The standard InChI is InChI=1S/C12H12F2N4OS/c1-6(2)5-8-17-18-12(20-8)16-11(19)7-3-4-15-10(14)9(7)13/h3-4,6H,5H2,1-2H3,(H,16,18,19). The number of pyridine rings is 1. The van der Waals surface area contributed by atoms with Crippen molar-refractivity contribution in [3.63, 3.8) is 0 Å². The Morgan fingerprint density at radius 3 is 2.85 bits per heavy atom. The average molecular weight is 298 g/mol. The summed E-state index contributed by atoms with van der Waals surface area (Å²) in [5.74, 6) is -2.96. The van der Waals surface area contributed by atoms with Gasteiger partial charge in [0.05, 0.1) is 5.56 Å². The van der Waals surface area contributed by atoms with Gasteiger partial charge < -0.3 is 0 Å². The Labute approximate surface area is 118 Å². The van der Waals surface area contributed by atoms with Crippen LogP contribution in [-0.2, 0) is 6.42 Å². The van der Waals surface area contributed by atoms with Crippen LogP contribution in [0.3, 0.4) is 0 Å². The maximum atomic E-state index is 13.4. The number of hydrogen-bond donors (Lipinski definition) is 1. The Balaban J connectivity index is 2.11. The summed E-state index contributed by atoms with van der Waals surface area (Å²) in [6.45, 7) is 4.07. The fourth-order valence-corrected chi connectivity index (χ4v) is 2.44. The number of halogens is 2. The van der Waals surface area contributed by atoms with Gasteiger partial charge in [-0.1, -0.05) is 25.2 Å². The third-order valence-corrected chi connectivity index (χ3v) is 3.22. The quantitative estimate of drug-likeness (QED) is 0.881. The van der Waals surface area contributed by atoms with E-state index in [1.807, 2.05) is 13.8 Å². The Morgan fingerprint density at radius 1 is 1.40 bits per heavy atom. The highest BCUT2D eigenvalue weighted by molar-refractivity contribution is 7.15. The first-order valence-electron chi connectivity index (χ1n) is 5.91. The van der Waals surface area contributed by atoms with E-state index < -0.39 is 23.2 Å². The zero-order valence-corrected chi connectivity index (χ0v) is 11.7. The van der Waals surface area contributed by atoms with Gasteiger partial charge in [0.1, 0.15) is 5.01 Å². The molecular formula is C12H12F2N4OS. The van der Waals surface area contributed by atoms with Gasteiger partial charge in [0, 0.05) is 12.6 Å². The zero-order chi connectivity index (χ0) is 14.7. The Kier molecular flexibility index (Phi) is 4.33. The molecule has 0 bridgehead atoms. The molecule has 0 saturated carbocycles. The van der Waals surface area contributed by atoms with Crippen LogP contribution in [-0.4, -0.2) is 21.1 Å². The van der Waals surface area contributed by atoms with Gasteiger partial charge in [0.25, 0.3) is 5.91 Å². The van der Waals surface area contributed by atoms with Crippen molar-refractivity contribution in [2.75, 3.05) is 5.32 Å². The van der Waals surface area contributed by atoms with E-state index in [4.69, 9.17) is 0 Å². The number of nitrogens with one attached hydrogen (secondary N) is 1. The van der Waals surface area contributed by atoms with Crippen LogP contribution in [0.2, 0.25) is 0 Å². The van der Waals surface area contributed by atoms with Gasteiger partial charge in [-0.3, -0.25) is 10.1 Å². The van der Waals surface area contributed by atoms with E-state index >= 15 is 0 Å². The van der Waals surface area contributed by atoms with Gasteiger partial charge in [0.15, 0.2) is 5.82 Å². The first-order chi connectivity index (χ1) is 9.47. The van der Waals surface area contributed by atoms with E-state index in [9.17, 15) is 13.6 Å². The van der Waals surface area contributed by atoms with Crippen LogP contribution in [0.1, 0.15) is 29.2 Å². The van der Waals surface area contributed by atoms with Gasteiger partial charge in [-0.2, -0.15) is 4.39 Å². The number of nitrogens with zero attached hydrogens (tertiary/aromatic N) is 3. The van der Waals surface area contributed by atoms with E-state index in [1.165, 1.54) is 11.3 Å². The van der Waals surface area contributed by atoms with Crippen molar-refractivity contribution in [2.45, 2.75) is 20.3 Å². The molecule has 2 heterocycles. The number of carbonyl (C=O) groups excluding carboxylic acids is 1. The summed E-state index contributed by atoms with van der Waals surface area (Å²) in [6, 6.07) is 1.10. The first-order valence-corrected chi connectivity index (χ1v) is 6.72. The fourth-order valence-electron chi connectivity index (χ4n) is 1.49. The highest BCUT2D eigenvalue weighted by atomic mass is 32.1. The molecule has 2 aromatic heterocycles. The Bertz CT molecular complexity index is 630. The monoisotopic (exact) mass is 298 g/mol. The molecule has 0 fully saturated rings.